The Hall–Kier alpha value is -3.04. The fraction of sp³-hybridized carbons (Fsp3) is 0.318. The number of carboxylic acids is 1. The number of aromatic nitrogens is 3. The van der Waals surface area contributed by atoms with Crippen molar-refractivity contribution in [1.82, 2.24) is 20.1 Å². The van der Waals surface area contributed by atoms with Crippen LogP contribution in [0.2, 0.25) is 0 Å². The summed E-state index contributed by atoms with van der Waals surface area (Å²) < 4.78 is 24.5. The molecule has 0 radical (unpaired) electrons. The van der Waals surface area contributed by atoms with Gasteiger partial charge in [-0.05, 0) is 35.4 Å². The maximum atomic E-state index is 12.0. The fourth-order valence-electron chi connectivity index (χ4n) is 3.76. The number of hydrogen-bond donors (Lipinski definition) is 3. The minimum Gasteiger partial charge on any atom is -0.497 e. The van der Waals surface area contributed by atoms with Crippen LogP contribution in [-0.4, -0.2) is 62.7 Å². The van der Waals surface area contributed by atoms with Crippen LogP contribution in [0.25, 0.3) is 5.69 Å². The Balaban J connectivity index is 1.38. The van der Waals surface area contributed by atoms with Crippen LogP contribution < -0.4 is 10.1 Å². The van der Waals surface area contributed by atoms with Crippen LogP contribution in [0.15, 0.2) is 54.9 Å². The number of aliphatic hydroxyl groups is 1. The molecule has 0 bridgehead atoms. The highest BCUT2D eigenvalue weighted by molar-refractivity contribution is 7.25. The summed E-state index contributed by atoms with van der Waals surface area (Å²) in [6, 6.07) is 14.6. The van der Waals surface area contributed by atoms with Gasteiger partial charge in [-0.25, -0.2) is 14.5 Å². The smallest absolute Gasteiger partial charge is 0.375 e. The average Bonchev–Trinajstić information content (AvgIpc) is 3.35. The van der Waals surface area contributed by atoms with Crippen molar-refractivity contribution in [2.24, 2.45) is 0 Å². The molecule has 1 fully saturated rings. The van der Waals surface area contributed by atoms with Gasteiger partial charge in [0.2, 0.25) is 0 Å². The van der Waals surface area contributed by atoms with Crippen molar-refractivity contribution in [3.05, 3.63) is 71.8 Å². The lowest BCUT2D eigenvalue weighted by molar-refractivity contribution is -0.0853. The van der Waals surface area contributed by atoms with Gasteiger partial charge in [-0.3, -0.25) is 0 Å². The monoisotopic (exact) mass is 472 g/mol. The van der Waals surface area contributed by atoms with E-state index in [9.17, 15) is 14.5 Å². The highest BCUT2D eigenvalue weighted by Gasteiger charge is 2.40. The molecule has 1 aliphatic rings. The second kappa shape index (κ2) is 9.84. The van der Waals surface area contributed by atoms with Crippen LogP contribution in [0, 0.1) is 0 Å². The molecule has 11 heteroatoms. The summed E-state index contributed by atoms with van der Waals surface area (Å²) in [5, 5.41) is 25.8. The molecule has 0 spiro atoms. The summed E-state index contributed by atoms with van der Waals surface area (Å²) >= 11 is 0. The van der Waals surface area contributed by atoms with Gasteiger partial charge in [0.25, 0.3) is 5.82 Å². The van der Waals surface area contributed by atoms with Crippen molar-refractivity contribution >= 4 is 14.4 Å². The Labute approximate surface area is 191 Å². The summed E-state index contributed by atoms with van der Waals surface area (Å²) in [4.78, 5) is 14.7. The van der Waals surface area contributed by atoms with Gasteiger partial charge < -0.3 is 29.6 Å². The Morgan fingerprint density at radius 3 is 2.55 bits per heavy atom. The van der Waals surface area contributed by atoms with Crippen molar-refractivity contribution < 1.29 is 29.0 Å². The summed E-state index contributed by atoms with van der Waals surface area (Å²) in [6.45, 7) is 0.653. The van der Waals surface area contributed by atoms with Crippen molar-refractivity contribution in [2.75, 3.05) is 20.3 Å². The highest BCUT2D eigenvalue weighted by atomic mass is 31.1. The zero-order valence-electron chi connectivity index (χ0n) is 17.9. The average molecular weight is 472 g/mol. The molecule has 33 heavy (non-hydrogen) atoms. The van der Waals surface area contributed by atoms with Gasteiger partial charge in [0.1, 0.15) is 23.5 Å². The Morgan fingerprint density at radius 2 is 2.00 bits per heavy atom. The minimum absolute atomic E-state index is 0.104. The third-order valence-corrected chi connectivity index (χ3v) is 6.65. The first-order chi connectivity index (χ1) is 15.9. The van der Waals surface area contributed by atoms with Crippen molar-refractivity contribution in [1.29, 1.82) is 0 Å². The zero-order valence-corrected chi connectivity index (χ0v) is 19.1. The normalized spacial score (nSPS) is 20.5. The quantitative estimate of drug-likeness (QED) is 0.419. The van der Waals surface area contributed by atoms with Crippen LogP contribution in [0.5, 0.6) is 5.75 Å². The number of hydrogen-bond acceptors (Lipinski definition) is 8. The van der Waals surface area contributed by atoms with Crippen molar-refractivity contribution in [3.8, 4) is 11.4 Å². The van der Waals surface area contributed by atoms with E-state index in [4.69, 9.17) is 14.6 Å². The van der Waals surface area contributed by atoms with Crippen LogP contribution in [0.3, 0.4) is 0 Å². The van der Waals surface area contributed by atoms with E-state index in [0.29, 0.717) is 24.6 Å². The number of nitrogens with one attached hydrogen (secondary N) is 1. The summed E-state index contributed by atoms with van der Waals surface area (Å²) in [5.74, 6) is -0.738. The Morgan fingerprint density at radius 1 is 1.27 bits per heavy atom. The van der Waals surface area contributed by atoms with E-state index in [2.05, 4.69) is 15.4 Å². The number of aromatic carboxylic acids is 1. The first-order valence-corrected chi connectivity index (χ1v) is 11.4. The van der Waals surface area contributed by atoms with E-state index in [1.807, 2.05) is 36.4 Å². The van der Waals surface area contributed by atoms with Gasteiger partial charge in [0.15, 0.2) is 0 Å². The molecule has 0 saturated carbocycles. The van der Waals surface area contributed by atoms with E-state index in [1.54, 1.807) is 19.2 Å². The SMILES string of the molecule is COc1ccc(CC(O)([PH2]=O)[C@@H]2CN[C@H](c3ccc(-n4cnc(C(=O)O)n4)cc3)CO2)cc1. The molecule has 0 aliphatic carbocycles. The van der Waals surface area contributed by atoms with Gasteiger partial charge in [-0.2, -0.15) is 0 Å². The standard InChI is InChI=1S/C22H25N4O6P/c1-31-17-8-2-14(3-9-17)10-22(29,33-30)19-11-23-18(12-32-19)15-4-6-16(7-5-15)26-13-24-20(25-26)21(27)28/h2-9,13,18-19,23,29H,10-12,33H2,1H3,(H,27,28)/t18-,19-,22?/m0/s1. The number of ether oxygens (including phenoxy) is 2. The Kier molecular flexibility index (Phi) is 6.90. The molecule has 1 aromatic heterocycles. The predicted molar refractivity (Wildman–Crippen MR) is 121 cm³/mol. The summed E-state index contributed by atoms with van der Waals surface area (Å²) in [6.07, 6.45) is 0.963. The molecule has 0 amide bonds. The second-order valence-corrected chi connectivity index (χ2v) is 9.06. The molecule has 3 aromatic rings. The lowest BCUT2D eigenvalue weighted by Crippen LogP contribution is -2.52. The van der Waals surface area contributed by atoms with E-state index < -0.39 is 25.9 Å². The minimum atomic E-state index is -1.50. The van der Waals surface area contributed by atoms with Gasteiger partial charge in [-0.15, -0.1) is 5.10 Å². The molecule has 174 valence electrons. The van der Waals surface area contributed by atoms with E-state index in [0.717, 1.165) is 11.1 Å². The van der Waals surface area contributed by atoms with Crippen molar-refractivity contribution in [2.45, 2.75) is 23.9 Å². The molecule has 2 aromatic carbocycles. The van der Waals surface area contributed by atoms with Crippen LogP contribution in [-0.2, 0) is 15.7 Å². The van der Waals surface area contributed by atoms with Gasteiger partial charge in [-0.1, -0.05) is 24.3 Å². The van der Waals surface area contributed by atoms with Crippen molar-refractivity contribution in [3.63, 3.8) is 0 Å². The number of rotatable bonds is 8. The van der Waals surface area contributed by atoms with Gasteiger partial charge in [0, 0.05) is 13.0 Å². The third kappa shape index (κ3) is 5.15. The number of benzene rings is 2. The molecule has 3 N–H and O–H groups in total. The number of carbonyl (C=O) groups is 1. The first-order valence-electron chi connectivity index (χ1n) is 10.3. The fourth-order valence-corrected chi connectivity index (χ4v) is 4.45. The predicted octanol–water partition coefficient (Wildman–Crippen LogP) is 1.69. The highest BCUT2D eigenvalue weighted by Crippen LogP contribution is 2.33. The lowest BCUT2D eigenvalue weighted by atomic mass is 10.00. The van der Waals surface area contributed by atoms with Gasteiger partial charge >= 0.3 is 5.97 Å². The van der Waals surface area contributed by atoms with E-state index >= 15 is 0 Å². The number of carboxylic acid groups (broad SMARTS) is 1. The second-order valence-electron chi connectivity index (χ2n) is 7.83. The van der Waals surface area contributed by atoms with E-state index in [-0.39, 0.29) is 18.3 Å². The molecule has 1 aliphatic heterocycles. The third-order valence-electron chi connectivity index (χ3n) is 5.66. The van der Waals surface area contributed by atoms with Crippen LogP contribution in [0.4, 0.5) is 0 Å². The summed E-state index contributed by atoms with van der Waals surface area (Å²) in [5.41, 5.74) is 2.49. The van der Waals surface area contributed by atoms with Crippen LogP contribution >= 0.6 is 8.46 Å². The molecule has 4 atom stereocenters. The molecule has 4 rings (SSSR count). The number of nitrogens with zero attached hydrogens (tertiary/aromatic N) is 3. The molecule has 10 nitrogen and oxygen atoms in total. The maximum Gasteiger partial charge on any atom is 0.375 e. The molecular formula is C22H25N4O6P. The van der Waals surface area contributed by atoms with E-state index in [1.165, 1.54) is 11.0 Å². The number of morpholine rings is 1. The molecule has 2 heterocycles. The number of methoxy groups -OCH3 is 1. The lowest BCUT2D eigenvalue weighted by Gasteiger charge is -2.38. The molecular weight excluding hydrogens is 447 g/mol. The topological polar surface area (TPSA) is 136 Å². The summed E-state index contributed by atoms with van der Waals surface area (Å²) in [7, 11) is 0.0905. The van der Waals surface area contributed by atoms with Crippen LogP contribution in [0.1, 0.15) is 27.8 Å². The first kappa shape index (κ1) is 23.1. The molecule has 1 saturated heterocycles. The zero-order chi connectivity index (χ0) is 23.4. The Bertz CT molecular complexity index is 1110. The molecule has 2 unspecified atom stereocenters. The van der Waals surface area contributed by atoms with Gasteiger partial charge in [0.05, 0.1) is 33.9 Å². The maximum absolute atomic E-state index is 12.0. The largest absolute Gasteiger partial charge is 0.497 e.